The molecule has 4 heteroatoms. The number of aromatic nitrogens is 1. The molecule has 6 aromatic carbocycles. The second kappa shape index (κ2) is 8.32. The van der Waals surface area contributed by atoms with E-state index in [0.717, 1.165) is 44.2 Å². The molecule has 0 amide bonds. The lowest BCUT2D eigenvalue weighted by molar-refractivity contribution is 0.665. The Hall–Kier alpha value is -5.37. The van der Waals surface area contributed by atoms with Crippen molar-refractivity contribution in [2.24, 2.45) is 0 Å². The Morgan fingerprint density at radius 2 is 1.27 bits per heavy atom. The lowest BCUT2D eigenvalue weighted by atomic mass is 9.96. The lowest BCUT2D eigenvalue weighted by Crippen LogP contribution is -1.94. The number of rotatable bonds is 2. The van der Waals surface area contributed by atoms with Crippen molar-refractivity contribution in [2.75, 3.05) is 0 Å². The molecule has 0 radical (unpaired) electrons. The van der Waals surface area contributed by atoms with Gasteiger partial charge in [0.1, 0.15) is 6.07 Å². The Labute approximate surface area is 238 Å². The van der Waals surface area contributed by atoms with Crippen molar-refractivity contribution in [1.82, 2.24) is 4.57 Å². The Morgan fingerprint density at radius 3 is 2.05 bits per heavy atom. The highest BCUT2D eigenvalue weighted by molar-refractivity contribution is 7.25. The summed E-state index contributed by atoms with van der Waals surface area (Å²) in [6, 6.07) is 44.9. The molecule has 0 saturated heterocycles. The van der Waals surface area contributed by atoms with Gasteiger partial charge in [-0.25, -0.2) is 0 Å². The lowest BCUT2D eigenvalue weighted by Gasteiger charge is -2.08. The van der Waals surface area contributed by atoms with E-state index >= 15 is 0 Å². The number of thiophene rings is 1. The average molecular weight is 541 g/mol. The largest absolute Gasteiger partial charge is 0.452 e. The van der Waals surface area contributed by atoms with Crippen LogP contribution in [-0.4, -0.2) is 4.57 Å². The molecule has 0 aliphatic carbocycles. The van der Waals surface area contributed by atoms with E-state index in [2.05, 4.69) is 126 Å². The third-order valence-electron chi connectivity index (χ3n) is 8.25. The zero-order valence-electron chi connectivity index (χ0n) is 21.8. The summed E-state index contributed by atoms with van der Waals surface area (Å²) in [4.78, 5) is 0. The second-order valence-electron chi connectivity index (χ2n) is 10.4. The van der Waals surface area contributed by atoms with Gasteiger partial charge in [-0.15, -0.1) is 11.3 Å². The predicted octanol–water partition coefficient (Wildman–Crippen LogP) is 10.6. The molecule has 3 aromatic heterocycles. The normalized spacial score (nSPS) is 11.9. The molecule has 0 N–H and O–H groups in total. The van der Waals surface area contributed by atoms with Gasteiger partial charge in [-0.2, -0.15) is 5.26 Å². The molecule has 0 bridgehead atoms. The van der Waals surface area contributed by atoms with Gasteiger partial charge in [-0.3, -0.25) is 0 Å². The van der Waals surface area contributed by atoms with Crippen LogP contribution in [0.15, 0.2) is 126 Å². The summed E-state index contributed by atoms with van der Waals surface area (Å²) in [5.74, 6) is 0. The molecule has 190 valence electrons. The summed E-state index contributed by atoms with van der Waals surface area (Å²) in [7, 11) is 0. The van der Waals surface area contributed by atoms with Crippen LogP contribution < -0.4 is 0 Å². The van der Waals surface area contributed by atoms with E-state index in [1.165, 1.54) is 30.9 Å². The highest BCUT2D eigenvalue weighted by Gasteiger charge is 2.21. The van der Waals surface area contributed by atoms with Crippen molar-refractivity contribution in [1.29, 1.82) is 5.26 Å². The van der Waals surface area contributed by atoms with Crippen LogP contribution in [0.4, 0.5) is 0 Å². The van der Waals surface area contributed by atoms with Crippen LogP contribution in [0.25, 0.3) is 80.7 Å². The average Bonchev–Trinajstić information content (AvgIpc) is 3.70. The van der Waals surface area contributed by atoms with Gasteiger partial charge < -0.3 is 8.98 Å². The first kappa shape index (κ1) is 22.4. The number of fused-ring (bicyclic) bond motifs is 9. The van der Waals surface area contributed by atoms with Gasteiger partial charge >= 0.3 is 0 Å². The van der Waals surface area contributed by atoms with Crippen LogP contribution in [0, 0.1) is 11.3 Å². The van der Waals surface area contributed by atoms with Crippen LogP contribution in [0.1, 0.15) is 5.56 Å². The minimum atomic E-state index is 0.537. The fraction of sp³-hybridized carbons (Fsp3) is 0. The number of furan rings is 1. The molecule has 3 heterocycles. The smallest absolute Gasteiger partial charge is 0.159 e. The topological polar surface area (TPSA) is 41.9 Å². The highest BCUT2D eigenvalue weighted by Crippen LogP contribution is 2.43. The van der Waals surface area contributed by atoms with Crippen molar-refractivity contribution in [3.8, 4) is 22.9 Å². The predicted molar refractivity (Wildman–Crippen MR) is 171 cm³/mol. The maximum Gasteiger partial charge on any atom is 0.159 e. The van der Waals surface area contributed by atoms with Gasteiger partial charge in [0.2, 0.25) is 0 Å². The van der Waals surface area contributed by atoms with E-state index in [1.54, 1.807) is 0 Å². The first-order valence-electron chi connectivity index (χ1n) is 13.6. The summed E-state index contributed by atoms with van der Waals surface area (Å²) in [6.45, 7) is 0. The summed E-state index contributed by atoms with van der Waals surface area (Å²) < 4.78 is 11.5. The van der Waals surface area contributed by atoms with Gasteiger partial charge in [0.05, 0.1) is 22.3 Å². The number of hydrogen-bond acceptors (Lipinski definition) is 3. The Kier molecular flexibility index (Phi) is 4.55. The van der Waals surface area contributed by atoms with Crippen molar-refractivity contribution < 1.29 is 4.42 Å². The number of benzene rings is 6. The van der Waals surface area contributed by atoms with E-state index in [9.17, 15) is 5.26 Å². The van der Waals surface area contributed by atoms with E-state index in [0.29, 0.717) is 11.1 Å². The molecule has 9 rings (SSSR count). The zero-order chi connectivity index (χ0) is 27.1. The summed E-state index contributed by atoms with van der Waals surface area (Å²) >= 11 is 1.82. The number of nitrogens with zero attached hydrogens (tertiary/aromatic N) is 2. The standard InChI is InChI=1S/C37H20N2OS/c38-21-23-16-18-24(22-17-19-34-29(20-22)27-10-3-6-15-33(27)41-34)35-28-11-7-14-32(37(28)40-36(23)35)39-30-12-4-1-8-25(30)26-9-2-5-13-31(26)39/h1-20H. The van der Waals surface area contributed by atoms with E-state index in [-0.39, 0.29) is 0 Å². The maximum atomic E-state index is 10.1. The Bertz CT molecular complexity index is 2500. The second-order valence-corrected chi connectivity index (χ2v) is 11.5. The summed E-state index contributed by atoms with van der Waals surface area (Å²) in [5, 5.41) is 17.0. The molecule has 0 saturated carbocycles. The molecular formula is C37H20N2OS. The Balaban J connectivity index is 1.38. The number of hydrogen-bond donors (Lipinski definition) is 0. The molecule has 9 aromatic rings. The first-order valence-corrected chi connectivity index (χ1v) is 14.4. The van der Waals surface area contributed by atoms with Crippen molar-refractivity contribution in [3.63, 3.8) is 0 Å². The summed E-state index contributed by atoms with van der Waals surface area (Å²) in [6.07, 6.45) is 0. The van der Waals surface area contributed by atoms with E-state index in [4.69, 9.17) is 4.42 Å². The monoisotopic (exact) mass is 540 g/mol. The molecule has 0 unspecified atom stereocenters. The maximum absolute atomic E-state index is 10.1. The third kappa shape index (κ3) is 3.07. The molecule has 0 aliphatic rings. The fourth-order valence-electron chi connectivity index (χ4n) is 6.47. The Morgan fingerprint density at radius 1 is 0.585 bits per heavy atom. The zero-order valence-corrected chi connectivity index (χ0v) is 22.6. The number of para-hydroxylation sites is 3. The first-order chi connectivity index (χ1) is 20.3. The third-order valence-corrected chi connectivity index (χ3v) is 9.41. The molecule has 41 heavy (non-hydrogen) atoms. The molecule has 0 atom stereocenters. The highest BCUT2D eigenvalue weighted by atomic mass is 32.1. The van der Waals surface area contributed by atoms with Gasteiger partial charge in [-0.05, 0) is 53.6 Å². The van der Waals surface area contributed by atoms with Gasteiger partial charge in [0.25, 0.3) is 0 Å². The van der Waals surface area contributed by atoms with Crippen LogP contribution in [0.2, 0.25) is 0 Å². The van der Waals surface area contributed by atoms with Gasteiger partial charge in [0.15, 0.2) is 11.2 Å². The van der Waals surface area contributed by atoms with Gasteiger partial charge in [-0.1, -0.05) is 78.9 Å². The quantitative estimate of drug-likeness (QED) is 0.219. The molecular weight excluding hydrogens is 520 g/mol. The van der Waals surface area contributed by atoms with Crippen LogP contribution in [-0.2, 0) is 0 Å². The molecule has 0 spiro atoms. The van der Waals surface area contributed by atoms with Crippen molar-refractivity contribution in [3.05, 3.63) is 127 Å². The minimum Gasteiger partial charge on any atom is -0.452 e. The fourth-order valence-corrected chi connectivity index (χ4v) is 7.55. The van der Waals surface area contributed by atoms with E-state index in [1.807, 2.05) is 17.4 Å². The minimum absolute atomic E-state index is 0.537. The molecule has 3 nitrogen and oxygen atoms in total. The SMILES string of the molecule is N#Cc1ccc(-c2ccc3sc4ccccc4c3c2)c2c1oc1c(-n3c4ccccc4c4ccccc43)cccc12. The van der Waals surface area contributed by atoms with Crippen LogP contribution >= 0.6 is 11.3 Å². The number of nitriles is 1. The van der Waals surface area contributed by atoms with E-state index < -0.39 is 0 Å². The van der Waals surface area contributed by atoms with Gasteiger partial charge in [0, 0.05) is 41.7 Å². The van der Waals surface area contributed by atoms with Crippen molar-refractivity contribution in [2.45, 2.75) is 0 Å². The molecule has 0 aliphatic heterocycles. The van der Waals surface area contributed by atoms with Crippen molar-refractivity contribution >= 4 is 75.3 Å². The van der Waals surface area contributed by atoms with Crippen LogP contribution in [0.5, 0.6) is 0 Å². The van der Waals surface area contributed by atoms with Crippen LogP contribution in [0.3, 0.4) is 0 Å². The molecule has 0 fully saturated rings. The summed E-state index contributed by atoms with van der Waals surface area (Å²) in [5.41, 5.74) is 7.33.